The van der Waals surface area contributed by atoms with Crippen LogP contribution in [0.5, 0.6) is 0 Å². The summed E-state index contributed by atoms with van der Waals surface area (Å²) in [6.07, 6.45) is 3.26. The highest BCUT2D eigenvalue weighted by molar-refractivity contribution is 5.80. The Balaban J connectivity index is 1.74. The molecule has 0 bridgehead atoms. The molecule has 2 N–H and O–H groups in total. The Morgan fingerprint density at radius 2 is 1.84 bits per heavy atom. The predicted octanol–water partition coefficient (Wildman–Crippen LogP) is 3.98. The minimum absolute atomic E-state index is 0.357. The van der Waals surface area contributed by atoms with E-state index in [1.807, 2.05) is 6.92 Å². The monoisotopic (exact) mass is 436 g/mol. The first-order valence-electron chi connectivity index (χ1n) is 11.8. The van der Waals surface area contributed by atoms with Crippen LogP contribution < -0.4 is 5.73 Å². The molecule has 0 radical (unpaired) electrons. The summed E-state index contributed by atoms with van der Waals surface area (Å²) in [6.45, 7) is 15.7. The summed E-state index contributed by atoms with van der Waals surface area (Å²) >= 11 is 0. The number of aryl methyl sites for hydroxylation is 2. The van der Waals surface area contributed by atoms with Crippen LogP contribution in [0.15, 0.2) is 18.3 Å². The van der Waals surface area contributed by atoms with Gasteiger partial charge in [-0.15, -0.1) is 0 Å². The highest BCUT2D eigenvalue weighted by Gasteiger charge is 2.22. The summed E-state index contributed by atoms with van der Waals surface area (Å²) in [5, 5.41) is 0. The summed E-state index contributed by atoms with van der Waals surface area (Å²) < 4.78 is 7.85. The maximum atomic E-state index is 6.07. The molecule has 0 amide bonds. The van der Waals surface area contributed by atoms with E-state index >= 15 is 0 Å². The van der Waals surface area contributed by atoms with Gasteiger partial charge in [0.25, 0.3) is 0 Å². The molecule has 172 valence electrons. The Labute approximate surface area is 191 Å². The number of hydrogen-bond acceptors (Lipinski definition) is 6. The van der Waals surface area contributed by atoms with E-state index in [1.54, 1.807) is 0 Å². The van der Waals surface area contributed by atoms with Crippen molar-refractivity contribution in [1.82, 2.24) is 24.4 Å². The van der Waals surface area contributed by atoms with Crippen LogP contribution >= 0.6 is 0 Å². The largest absolute Gasteiger partial charge is 0.379 e. The zero-order valence-corrected chi connectivity index (χ0v) is 20.1. The number of pyridine rings is 1. The number of hydrogen-bond donors (Lipinski definition) is 1. The van der Waals surface area contributed by atoms with Crippen LogP contribution in [0.25, 0.3) is 22.4 Å². The number of morpholine rings is 1. The first-order valence-corrected chi connectivity index (χ1v) is 11.8. The van der Waals surface area contributed by atoms with Crippen LogP contribution in [0.1, 0.15) is 61.8 Å². The molecule has 7 heteroatoms. The SMILES string of the molecule is CC[C@H](CN1CCOCC1)n1cc(C)c2nc(-c3ccc(C(C)C)nc3CN)c(C)nc21. The van der Waals surface area contributed by atoms with Crippen LogP contribution in [0.4, 0.5) is 0 Å². The molecular formula is C25H36N6O. The first-order chi connectivity index (χ1) is 15.4. The van der Waals surface area contributed by atoms with E-state index in [4.69, 9.17) is 25.4 Å². The van der Waals surface area contributed by atoms with Gasteiger partial charge in [0.05, 0.1) is 30.3 Å². The third-order valence-corrected chi connectivity index (χ3v) is 6.48. The van der Waals surface area contributed by atoms with Gasteiger partial charge in [0.2, 0.25) is 0 Å². The summed E-state index contributed by atoms with van der Waals surface area (Å²) in [7, 11) is 0. The van der Waals surface area contributed by atoms with Gasteiger partial charge >= 0.3 is 0 Å². The van der Waals surface area contributed by atoms with Crippen LogP contribution in [0.3, 0.4) is 0 Å². The molecule has 1 atom stereocenters. The fraction of sp³-hybridized carbons (Fsp3) is 0.560. The molecule has 0 aliphatic carbocycles. The van der Waals surface area contributed by atoms with E-state index in [9.17, 15) is 0 Å². The summed E-state index contributed by atoms with van der Waals surface area (Å²) in [4.78, 5) is 17.5. The smallest absolute Gasteiger partial charge is 0.159 e. The molecule has 1 aliphatic heterocycles. The van der Waals surface area contributed by atoms with Crippen LogP contribution in [-0.4, -0.2) is 57.3 Å². The molecule has 1 fully saturated rings. The number of nitrogens with zero attached hydrogens (tertiary/aromatic N) is 5. The number of ether oxygens (including phenoxy) is 1. The molecule has 4 rings (SSSR count). The van der Waals surface area contributed by atoms with Gasteiger partial charge in [0.15, 0.2) is 5.65 Å². The number of nitrogens with two attached hydrogens (primary N) is 1. The van der Waals surface area contributed by atoms with E-state index in [2.05, 4.69) is 55.5 Å². The molecule has 32 heavy (non-hydrogen) atoms. The van der Waals surface area contributed by atoms with Gasteiger partial charge in [-0.3, -0.25) is 9.88 Å². The lowest BCUT2D eigenvalue weighted by Crippen LogP contribution is -2.39. The molecule has 3 aromatic rings. The van der Waals surface area contributed by atoms with Crippen LogP contribution in [0, 0.1) is 13.8 Å². The summed E-state index contributed by atoms with van der Waals surface area (Å²) in [5.41, 5.74) is 13.8. The van der Waals surface area contributed by atoms with Gasteiger partial charge in [-0.2, -0.15) is 0 Å². The molecule has 0 saturated carbocycles. The second-order valence-corrected chi connectivity index (χ2v) is 9.11. The van der Waals surface area contributed by atoms with Crippen molar-refractivity contribution in [2.24, 2.45) is 5.73 Å². The molecule has 0 spiro atoms. The third-order valence-electron chi connectivity index (χ3n) is 6.48. The van der Waals surface area contributed by atoms with E-state index in [0.717, 1.165) is 84.3 Å². The lowest BCUT2D eigenvalue weighted by Gasteiger charge is -2.31. The molecular weight excluding hydrogens is 400 g/mol. The Hall–Kier alpha value is -2.35. The van der Waals surface area contributed by atoms with Crippen molar-refractivity contribution in [3.05, 3.63) is 41.0 Å². The normalized spacial score (nSPS) is 16.2. The fourth-order valence-corrected chi connectivity index (χ4v) is 4.52. The van der Waals surface area contributed by atoms with Crippen molar-refractivity contribution in [2.45, 2.75) is 59.5 Å². The highest BCUT2D eigenvalue weighted by atomic mass is 16.5. The summed E-state index contributed by atoms with van der Waals surface area (Å²) in [5.74, 6) is 0.359. The van der Waals surface area contributed by atoms with E-state index < -0.39 is 0 Å². The van der Waals surface area contributed by atoms with Crippen molar-refractivity contribution in [3.8, 4) is 11.3 Å². The maximum Gasteiger partial charge on any atom is 0.159 e. The molecule has 0 unspecified atom stereocenters. The second-order valence-electron chi connectivity index (χ2n) is 9.11. The zero-order valence-electron chi connectivity index (χ0n) is 20.1. The van der Waals surface area contributed by atoms with Gasteiger partial charge in [-0.25, -0.2) is 9.97 Å². The lowest BCUT2D eigenvalue weighted by atomic mass is 10.0. The number of rotatable bonds is 7. The number of aromatic nitrogens is 4. The molecule has 3 aromatic heterocycles. The predicted molar refractivity (Wildman–Crippen MR) is 129 cm³/mol. The van der Waals surface area contributed by atoms with Crippen molar-refractivity contribution in [1.29, 1.82) is 0 Å². The van der Waals surface area contributed by atoms with Crippen molar-refractivity contribution in [3.63, 3.8) is 0 Å². The molecule has 0 aromatic carbocycles. The maximum absolute atomic E-state index is 6.07. The average molecular weight is 437 g/mol. The summed E-state index contributed by atoms with van der Waals surface area (Å²) in [6, 6.07) is 4.54. The fourth-order valence-electron chi connectivity index (χ4n) is 4.52. The standard InChI is InChI=1S/C25H36N6O/c1-6-19(15-30-9-11-32-12-10-30)31-14-17(4)23-25(31)27-18(5)24(29-23)20-7-8-21(16(2)3)28-22(20)13-26/h7-8,14,16,19H,6,9-13,15,26H2,1-5H3/t19-/m1/s1. The zero-order chi connectivity index (χ0) is 22.8. The average Bonchev–Trinajstić information content (AvgIpc) is 3.12. The second kappa shape index (κ2) is 9.65. The molecule has 4 heterocycles. The van der Waals surface area contributed by atoms with Crippen LogP contribution in [0.2, 0.25) is 0 Å². The Morgan fingerprint density at radius 3 is 2.50 bits per heavy atom. The van der Waals surface area contributed by atoms with Gasteiger partial charge in [0.1, 0.15) is 5.52 Å². The van der Waals surface area contributed by atoms with Gasteiger partial charge < -0.3 is 15.0 Å². The topological polar surface area (TPSA) is 82.1 Å². The highest BCUT2D eigenvalue weighted by Crippen LogP contribution is 2.30. The quantitative estimate of drug-likeness (QED) is 0.603. The van der Waals surface area contributed by atoms with Crippen molar-refractivity contribution in [2.75, 3.05) is 32.8 Å². The minimum Gasteiger partial charge on any atom is -0.379 e. The van der Waals surface area contributed by atoms with E-state index in [-0.39, 0.29) is 0 Å². The lowest BCUT2D eigenvalue weighted by molar-refractivity contribution is 0.0314. The van der Waals surface area contributed by atoms with Crippen molar-refractivity contribution >= 4 is 11.2 Å². The third kappa shape index (κ3) is 4.42. The van der Waals surface area contributed by atoms with E-state index in [0.29, 0.717) is 18.5 Å². The molecule has 1 aliphatic rings. The Bertz CT molecular complexity index is 1080. The van der Waals surface area contributed by atoms with Crippen LogP contribution in [-0.2, 0) is 11.3 Å². The molecule has 7 nitrogen and oxygen atoms in total. The number of fused-ring (bicyclic) bond motifs is 1. The minimum atomic E-state index is 0.357. The Kier molecular flexibility index (Phi) is 6.88. The van der Waals surface area contributed by atoms with E-state index in [1.165, 1.54) is 0 Å². The van der Waals surface area contributed by atoms with Crippen molar-refractivity contribution < 1.29 is 4.74 Å². The molecule has 1 saturated heterocycles. The van der Waals surface area contributed by atoms with Gasteiger partial charge in [-0.05, 0) is 43.9 Å². The Morgan fingerprint density at radius 1 is 1.09 bits per heavy atom. The first kappa shape index (κ1) is 22.8. The van der Waals surface area contributed by atoms with Gasteiger partial charge in [-0.1, -0.05) is 20.8 Å². The van der Waals surface area contributed by atoms with Gasteiger partial charge in [0, 0.05) is 49.7 Å².